The SMILES string of the molecule is COC[C@@H]1CCN(Cc2nccn2Cc2ccccc2)C1. The summed E-state index contributed by atoms with van der Waals surface area (Å²) in [5.74, 6) is 1.82. The van der Waals surface area contributed by atoms with Crippen molar-refractivity contribution in [3.63, 3.8) is 0 Å². The van der Waals surface area contributed by atoms with E-state index in [9.17, 15) is 0 Å². The second-order valence-electron chi connectivity index (χ2n) is 5.80. The predicted molar refractivity (Wildman–Crippen MR) is 83.0 cm³/mol. The minimum Gasteiger partial charge on any atom is -0.384 e. The zero-order valence-corrected chi connectivity index (χ0v) is 12.6. The lowest BCUT2D eigenvalue weighted by atomic mass is 10.1. The molecule has 1 aliphatic heterocycles. The van der Waals surface area contributed by atoms with Crippen molar-refractivity contribution in [1.29, 1.82) is 0 Å². The fourth-order valence-electron chi connectivity index (χ4n) is 3.04. The van der Waals surface area contributed by atoms with Gasteiger partial charge in [0.1, 0.15) is 5.82 Å². The first-order chi connectivity index (χ1) is 10.3. The van der Waals surface area contributed by atoms with Gasteiger partial charge in [0.25, 0.3) is 0 Å². The highest BCUT2D eigenvalue weighted by atomic mass is 16.5. The molecule has 21 heavy (non-hydrogen) atoms. The number of hydrogen-bond acceptors (Lipinski definition) is 3. The highest BCUT2D eigenvalue weighted by Crippen LogP contribution is 2.18. The van der Waals surface area contributed by atoms with Crippen molar-refractivity contribution in [1.82, 2.24) is 14.5 Å². The van der Waals surface area contributed by atoms with Gasteiger partial charge in [0.15, 0.2) is 0 Å². The number of nitrogens with zero attached hydrogens (tertiary/aromatic N) is 3. The molecule has 112 valence electrons. The molecule has 0 radical (unpaired) electrons. The van der Waals surface area contributed by atoms with Crippen LogP contribution in [0.2, 0.25) is 0 Å². The van der Waals surface area contributed by atoms with Gasteiger partial charge in [0, 0.05) is 32.6 Å². The highest BCUT2D eigenvalue weighted by Gasteiger charge is 2.23. The Balaban J connectivity index is 1.61. The molecule has 2 heterocycles. The summed E-state index contributed by atoms with van der Waals surface area (Å²) in [4.78, 5) is 7.02. The summed E-state index contributed by atoms with van der Waals surface area (Å²) in [6.07, 6.45) is 5.21. The quantitative estimate of drug-likeness (QED) is 0.816. The molecule has 4 nitrogen and oxygen atoms in total. The molecule has 1 saturated heterocycles. The fourth-order valence-corrected chi connectivity index (χ4v) is 3.04. The zero-order valence-electron chi connectivity index (χ0n) is 12.6. The minimum absolute atomic E-state index is 0.674. The van der Waals surface area contributed by atoms with E-state index >= 15 is 0 Å². The van der Waals surface area contributed by atoms with Crippen LogP contribution in [0.25, 0.3) is 0 Å². The maximum atomic E-state index is 5.26. The Labute approximate surface area is 126 Å². The van der Waals surface area contributed by atoms with Crippen LogP contribution in [0, 0.1) is 5.92 Å². The van der Waals surface area contributed by atoms with Crippen molar-refractivity contribution >= 4 is 0 Å². The molecule has 0 amide bonds. The normalized spacial score (nSPS) is 19.2. The van der Waals surface area contributed by atoms with E-state index < -0.39 is 0 Å². The lowest BCUT2D eigenvalue weighted by Crippen LogP contribution is -2.23. The van der Waals surface area contributed by atoms with E-state index in [1.807, 2.05) is 6.20 Å². The molecule has 1 fully saturated rings. The van der Waals surface area contributed by atoms with Crippen LogP contribution in [-0.4, -0.2) is 41.3 Å². The van der Waals surface area contributed by atoms with Crippen LogP contribution in [-0.2, 0) is 17.8 Å². The molecule has 0 saturated carbocycles. The van der Waals surface area contributed by atoms with Gasteiger partial charge in [0.2, 0.25) is 0 Å². The largest absolute Gasteiger partial charge is 0.384 e. The van der Waals surface area contributed by atoms with Gasteiger partial charge in [-0.1, -0.05) is 30.3 Å². The number of benzene rings is 1. The zero-order chi connectivity index (χ0) is 14.5. The monoisotopic (exact) mass is 285 g/mol. The number of rotatable bonds is 6. The second kappa shape index (κ2) is 6.87. The molecular formula is C17H23N3O. The fraction of sp³-hybridized carbons (Fsp3) is 0.471. The smallest absolute Gasteiger partial charge is 0.123 e. The third kappa shape index (κ3) is 3.71. The van der Waals surface area contributed by atoms with Crippen molar-refractivity contribution in [2.45, 2.75) is 19.5 Å². The molecule has 0 N–H and O–H groups in total. The number of hydrogen-bond donors (Lipinski definition) is 0. The Morgan fingerprint density at radius 3 is 2.90 bits per heavy atom. The highest BCUT2D eigenvalue weighted by molar-refractivity contribution is 5.15. The van der Waals surface area contributed by atoms with E-state index in [1.165, 1.54) is 12.0 Å². The minimum atomic E-state index is 0.674. The summed E-state index contributed by atoms with van der Waals surface area (Å²) in [6, 6.07) is 10.5. The molecule has 1 aromatic carbocycles. The van der Waals surface area contributed by atoms with Gasteiger partial charge in [-0.15, -0.1) is 0 Å². The predicted octanol–water partition coefficient (Wildman–Crippen LogP) is 2.40. The first-order valence-electron chi connectivity index (χ1n) is 7.60. The molecule has 2 aromatic rings. The van der Waals surface area contributed by atoms with Crippen molar-refractivity contribution in [3.05, 3.63) is 54.1 Å². The average molecular weight is 285 g/mol. The molecule has 0 spiro atoms. The van der Waals surface area contributed by atoms with Crippen molar-refractivity contribution in [2.75, 3.05) is 26.8 Å². The standard InChI is InChI=1S/C17H23N3O/c1-21-14-16-7-9-19(11-16)13-17-18-8-10-20(17)12-15-5-3-2-4-6-15/h2-6,8,10,16H,7,9,11-14H2,1H3/t16-/m1/s1. The van der Waals surface area contributed by atoms with Crippen LogP contribution in [0.15, 0.2) is 42.7 Å². The molecular weight excluding hydrogens is 262 g/mol. The molecule has 3 rings (SSSR count). The Morgan fingerprint density at radius 1 is 1.24 bits per heavy atom. The lowest BCUT2D eigenvalue weighted by molar-refractivity contribution is 0.152. The number of ether oxygens (including phenoxy) is 1. The number of imidazole rings is 1. The van der Waals surface area contributed by atoms with E-state index in [1.54, 1.807) is 7.11 Å². The molecule has 1 aromatic heterocycles. The second-order valence-corrected chi connectivity index (χ2v) is 5.80. The van der Waals surface area contributed by atoms with Crippen LogP contribution < -0.4 is 0 Å². The molecule has 1 atom stereocenters. The van der Waals surface area contributed by atoms with Gasteiger partial charge in [0.05, 0.1) is 13.2 Å². The van der Waals surface area contributed by atoms with Crippen molar-refractivity contribution in [2.24, 2.45) is 5.92 Å². The van der Waals surface area contributed by atoms with Crippen molar-refractivity contribution < 1.29 is 4.74 Å². The third-order valence-electron chi connectivity index (χ3n) is 4.13. The Morgan fingerprint density at radius 2 is 2.10 bits per heavy atom. The van der Waals surface area contributed by atoms with Gasteiger partial charge in [-0.25, -0.2) is 4.98 Å². The van der Waals surface area contributed by atoms with Crippen LogP contribution in [0.3, 0.4) is 0 Å². The van der Waals surface area contributed by atoms with Crippen molar-refractivity contribution in [3.8, 4) is 0 Å². The molecule has 0 aliphatic carbocycles. The van der Waals surface area contributed by atoms with Gasteiger partial charge in [-0.3, -0.25) is 4.90 Å². The summed E-state index contributed by atoms with van der Waals surface area (Å²) in [7, 11) is 1.79. The number of likely N-dealkylation sites (tertiary alicyclic amines) is 1. The van der Waals surface area contributed by atoms with Crippen LogP contribution >= 0.6 is 0 Å². The molecule has 0 unspecified atom stereocenters. The molecule has 0 bridgehead atoms. The van der Waals surface area contributed by atoms with E-state index in [0.29, 0.717) is 5.92 Å². The van der Waals surface area contributed by atoms with E-state index in [-0.39, 0.29) is 0 Å². The Bertz CT molecular complexity index is 552. The van der Waals surface area contributed by atoms with Crippen LogP contribution in [0.1, 0.15) is 17.8 Å². The first kappa shape index (κ1) is 14.3. The van der Waals surface area contributed by atoms with Gasteiger partial charge in [-0.2, -0.15) is 0 Å². The van der Waals surface area contributed by atoms with E-state index in [4.69, 9.17) is 4.74 Å². The number of aromatic nitrogens is 2. The summed E-state index contributed by atoms with van der Waals surface area (Å²) in [5.41, 5.74) is 1.32. The number of methoxy groups -OCH3 is 1. The summed E-state index contributed by atoms with van der Waals surface area (Å²) in [5, 5.41) is 0. The third-order valence-corrected chi connectivity index (χ3v) is 4.13. The summed E-state index contributed by atoms with van der Waals surface area (Å²) >= 11 is 0. The van der Waals surface area contributed by atoms with Gasteiger partial charge in [-0.05, 0) is 24.4 Å². The summed E-state index contributed by atoms with van der Waals surface area (Å²) < 4.78 is 7.51. The maximum absolute atomic E-state index is 5.26. The first-order valence-corrected chi connectivity index (χ1v) is 7.60. The Kier molecular flexibility index (Phi) is 4.68. The summed E-state index contributed by atoms with van der Waals surface area (Å²) in [6.45, 7) is 4.96. The van der Waals surface area contributed by atoms with Gasteiger partial charge >= 0.3 is 0 Å². The Hall–Kier alpha value is -1.65. The van der Waals surface area contributed by atoms with E-state index in [2.05, 4.69) is 51.0 Å². The molecule has 4 heteroatoms. The maximum Gasteiger partial charge on any atom is 0.123 e. The molecule has 1 aliphatic rings. The topological polar surface area (TPSA) is 30.3 Å². The van der Waals surface area contributed by atoms with E-state index in [0.717, 1.165) is 38.6 Å². The van der Waals surface area contributed by atoms with Crippen LogP contribution in [0.5, 0.6) is 0 Å². The average Bonchev–Trinajstić information content (AvgIpc) is 3.11. The van der Waals surface area contributed by atoms with Gasteiger partial charge < -0.3 is 9.30 Å². The van der Waals surface area contributed by atoms with Crippen LogP contribution in [0.4, 0.5) is 0 Å². The lowest BCUT2D eigenvalue weighted by Gasteiger charge is -2.16.